The maximum atomic E-state index is 13.2. The first kappa shape index (κ1) is 19.1. The van der Waals surface area contributed by atoms with Crippen LogP contribution in [0.2, 0.25) is 0 Å². The lowest BCUT2D eigenvalue weighted by molar-refractivity contribution is 0.124. The first-order chi connectivity index (χ1) is 13.2. The second-order valence-corrected chi connectivity index (χ2v) is 6.52. The lowest BCUT2D eigenvalue weighted by Gasteiger charge is -2.26. The summed E-state index contributed by atoms with van der Waals surface area (Å²) < 4.78 is 7.08. The Hall–Kier alpha value is -2.69. The number of ether oxygens (including phenoxy) is 1. The minimum absolute atomic E-state index is 0.0774. The van der Waals surface area contributed by atoms with Crippen molar-refractivity contribution in [2.75, 3.05) is 37.8 Å². The molecule has 0 amide bonds. The molecule has 0 atom stereocenters. The zero-order valence-corrected chi connectivity index (χ0v) is 15.3. The molecule has 3 rings (SSSR count). The van der Waals surface area contributed by atoms with Crippen LogP contribution in [0.3, 0.4) is 0 Å². The molecular weight excluding hydrogens is 344 g/mol. The Bertz CT molecular complexity index is 847. The van der Waals surface area contributed by atoms with Crippen LogP contribution in [0.5, 0.6) is 0 Å². The van der Waals surface area contributed by atoms with Gasteiger partial charge in [0.05, 0.1) is 17.3 Å². The molecule has 0 saturated carbocycles. The van der Waals surface area contributed by atoms with Crippen LogP contribution in [-0.2, 0) is 11.2 Å². The van der Waals surface area contributed by atoms with Gasteiger partial charge >= 0.3 is 0 Å². The highest BCUT2D eigenvalue weighted by molar-refractivity contribution is 5.44. The molecule has 142 valence electrons. The largest absolute Gasteiger partial charge is 0.396 e. The number of aryl methyl sites for hydroxylation is 1. The van der Waals surface area contributed by atoms with Crippen LogP contribution in [0.15, 0.2) is 35.3 Å². The molecular formula is C20H24N4O3. The molecule has 2 heterocycles. The summed E-state index contributed by atoms with van der Waals surface area (Å²) in [7, 11) is 0. The Labute approximate surface area is 158 Å². The Morgan fingerprint density at radius 1 is 1.19 bits per heavy atom. The number of anilines is 1. The highest BCUT2D eigenvalue weighted by Crippen LogP contribution is 2.15. The number of aromatic nitrogens is 2. The van der Waals surface area contributed by atoms with Gasteiger partial charge in [0.1, 0.15) is 0 Å². The normalized spacial score (nSPS) is 15.0. The SMILES string of the molecule is N#Cc1ccc(-n2cc(CCCO)nc(N3CCCOCCC3)c2=O)cc1. The van der Waals surface area contributed by atoms with Crippen molar-refractivity contribution in [2.24, 2.45) is 0 Å². The van der Waals surface area contributed by atoms with Crippen LogP contribution >= 0.6 is 0 Å². The van der Waals surface area contributed by atoms with Crippen LogP contribution in [0.1, 0.15) is 30.5 Å². The van der Waals surface area contributed by atoms with E-state index in [1.54, 1.807) is 35.0 Å². The molecule has 0 spiro atoms. The van der Waals surface area contributed by atoms with E-state index in [-0.39, 0.29) is 12.2 Å². The van der Waals surface area contributed by atoms with E-state index in [0.29, 0.717) is 43.1 Å². The van der Waals surface area contributed by atoms with Gasteiger partial charge < -0.3 is 14.7 Å². The quantitative estimate of drug-likeness (QED) is 0.863. The molecule has 7 nitrogen and oxygen atoms in total. The van der Waals surface area contributed by atoms with E-state index < -0.39 is 0 Å². The summed E-state index contributed by atoms with van der Waals surface area (Å²) in [6.07, 6.45) is 4.61. The monoisotopic (exact) mass is 368 g/mol. The Kier molecular flexibility index (Phi) is 6.58. The summed E-state index contributed by atoms with van der Waals surface area (Å²) in [4.78, 5) is 19.8. The lowest BCUT2D eigenvalue weighted by Crippen LogP contribution is -2.37. The van der Waals surface area contributed by atoms with Crippen LogP contribution in [0.25, 0.3) is 5.69 Å². The predicted octanol–water partition coefficient (Wildman–Crippen LogP) is 1.65. The van der Waals surface area contributed by atoms with E-state index in [2.05, 4.69) is 11.1 Å². The highest BCUT2D eigenvalue weighted by atomic mass is 16.5. The van der Waals surface area contributed by atoms with Gasteiger partial charge in [-0.1, -0.05) is 0 Å². The van der Waals surface area contributed by atoms with E-state index in [0.717, 1.165) is 31.6 Å². The molecule has 0 unspecified atom stereocenters. The summed E-state index contributed by atoms with van der Waals surface area (Å²) in [6.45, 7) is 2.89. The van der Waals surface area contributed by atoms with Crippen molar-refractivity contribution in [3.63, 3.8) is 0 Å². The van der Waals surface area contributed by atoms with Gasteiger partial charge in [-0.15, -0.1) is 0 Å². The predicted molar refractivity (Wildman–Crippen MR) is 102 cm³/mol. The average molecular weight is 368 g/mol. The topological polar surface area (TPSA) is 91.4 Å². The van der Waals surface area contributed by atoms with E-state index in [1.807, 2.05) is 4.90 Å². The Morgan fingerprint density at radius 3 is 2.52 bits per heavy atom. The maximum Gasteiger partial charge on any atom is 0.298 e. The summed E-state index contributed by atoms with van der Waals surface area (Å²) in [5, 5.41) is 18.2. The smallest absolute Gasteiger partial charge is 0.298 e. The molecule has 0 radical (unpaired) electrons. The van der Waals surface area contributed by atoms with Gasteiger partial charge in [-0.2, -0.15) is 5.26 Å². The maximum absolute atomic E-state index is 13.2. The second kappa shape index (κ2) is 9.31. The van der Waals surface area contributed by atoms with E-state index >= 15 is 0 Å². The lowest BCUT2D eigenvalue weighted by atomic mass is 10.2. The van der Waals surface area contributed by atoms with Crippen LogP contribution in [0.4, 0.5) is 5.82 Å². The molecule has 0 aliphatic carbocycles. The Morgan fingerprint density at radius 2 is 1.89 bits per heavy atom. The first-order valence-corrected chi connectivity index (χ1v) is 9.29. The van der Waals surface area contributed by atoms with Crippen LogP contribution in [0, 0.1) is 11.3 Å². The minimum atomic E-state index is -0.172. The molecule has 2 aromatic rings. The Balaban J connectivity index is 2.03. The number of nitrogens with zero attached hydrogens (tertiary/aromatic N) is 4. The molecule has 1 fully saturated rings. The van der Waals surface area contributed by atoms with Crippen molar-refractivity contribution in [1.82, 2.24) is 9.55 Å². The van der Waals surface area contributed by atoms with Crippen molar-refractivity contribution in [1.29, 1.82) is 5.26 Å². The number of hydrogen-bond acceptors (Lipinski definition) is 6. The number of nitriles is 1. The fourth-order valence-electron chi connectivity index (χ4n) is 3.14. The van der Waals surface area contributed by atoms with E-state index in [1.165, 1.54) is 0 Å². The van der Waals surface area contributed by atoms with Crippen molar-refractivity contribution >= 4 is 5.82 Å². The third kappa shape index (κ3) is 4.73. The zero-order valence-electron chi connectivity index (χ0n) is 15.3. The van der Waals surface area contributed by atoms with Crippen LogP contribution < -0.4 is 10.5 Å². The standard InChI is InChI=1S/C20H24N4O3/c21-14-16-5-7-18(8-6-16)24-15-17(4-1-11-25)22-19(20(24)26)23-9-2-12-27-13-3-10-23/h5-8,15,25H,1-4,9-13H2. The second-order valence-electron chi connectivity index (χ2n) is 6.52. The molecule has 1 N–H and O–H groups in total. The molecule has 1 aromatic heterocycles. The molecule has 1 aromatic carbocycles. The highest BCUT2D eigenvalue weighted by Gasteiger charge is 2.18. The van der Waals surface area contributed by atoms with Gasteiger partial charge in [-0.25, -0.2) is 4.98 Å². The van der Waals surface area contributed by atoms with E-state index in [9.17, 15) is 4.79 Å². The van der Waals surface area contributed by atoms with Crippen molar-refractivity contribution in [3.8, 4) is 11.8 Å². The summed E-state index contributed by atoms with van der Waals surface area (Å²) in [5.41, 5.74) is 1.84. The minimum Gasteiger partial charge on any atom is -0.396 e. The molecule has 7 heteroatoms. The number of aliphatic hydroxyl groups excluding tert-OH is 1. The van der Waals surface area contributed by atoms with Crippen molar-refractivity contribution in [3.05, 3.63) is 52.1 Å². The third-order valence-electron chi connectivity index (χ3n) is 4.54. The van der Waals surface area contributed by atoms with Gasteiger partial charge in [-0.05, 0) is 49.9 Å². The van der Waals surface area contributed by atoms with Gasteiger partial charge in [0, 0.05) is 44.8 Å². The fourth-order valence-corrected chi connectivity index (χ4v) is 3.14. The number of aliphatic hydroxyl groups is 1. The fraction of sp³-hybridized carbons (Fsp3) is 0.450. The van der Waals surface area contributed by atoms with Crippen molar-refractivity contribution in [2.45, 2.75) is 25.7 Å². The third-order valence-corrected chi connectivity index (χ3v) is 4.54. The zero-order chi connectivity index (χ0) is 19.1. The van der Waals surface area contributed by atoms with Gasteiger partial charge in [0.25, 0.3) is 5.56 Å². The van der Waals surface area contributed by atoms with Gasteiger partial charge in [-0.3, -0.25) is 9.36 Å². The molecule has 1 aliphatic heterocycles. The summed E-state index contributed by atoms with van der Waals surface area (Å²) >= 11 is 0. The van der Waals surface area contributed by atoms with E-state index in [4.69, 9.17) is 15.1 Å². The van der Waals surface area contributed by atoms with Crippen molar-refractivity contribution < 1.29 is 9.84 Å². The van der Waals surface area contributed by atoms with Gasteiger partial charge in [0.2, 0.25) is 0 Å². The number of hydrogen-bond donors (Lipinski definition) is 1. The molecule has 27 heavy (non-hydrogen) atoms. The molecule has 1 aliphatic rings. The summed E-state index contributed by atoms with van der Waals surface area (Å²) in [6, 6.07) is 9.01. The molecule has 0 bridgehead atoms. The number of rotatable bonds is 5. The molecule has 1 saturated heterocycles. The number of benzene rings is 1. The van der Waals surface area contributed by atoms with Crippen LogP contribution in [-0.4, -0.2) is 47.6 Å². The summed E-state index contributed by atoms with van der Waals surface area (Å²) in [5.74, 6) is 0.441. The first-order valence-electron chi connectivity index (χ1n) is 9.29. The van der Waals surface area contributed by atoms with Gasteiger partial charge in [0.15, 0.2) is 5.82 Å². The average Bonchev–Trinajstić information content (AvgIpc) is 2.67.